The molecule has 1 aromatic rings. The van der Waals surface area contributed by atoms with E-state index in [1.807, 2.05) is 50.3 Å². The van der Waals surface area contributed by atoms with Gasteiger partial charge in [0.2, 0.25) is 0 Å². The molecule has 0 saturated heterocycles. The van der Waals surface area contributed by atoms with E-state index in [-0.39, 0.29) is 12.6 Å². The highest BCUT2D eigenvalue weighted by Gasteiger charge is 2.24. The van der Waals surface area contributed by atoms with Crippen molar-refractivity contribution >= 4 is 5.97 Å². The Labute approximate surface area is 114 Å². The largest absolute Gasteiger partial charge is 0.461 e. The Balaban J connectivity index is 2.55. The smallest absolute Gasteiger partial charge is 0.312 e. The SMILES string of the molecule is CC(C)=CCC(C(=O)OCc1ccccc1)C(C)O. The van der Waals surface area contributed by atoms with Crippen molar-refractivity contribution in [1.82, 2.24) is 0 Å². The molecule has 0 aliphatic heterocycles. The summed E-state index contributed by atoms with van der Waals surface area (Å²) in [7, 11) is 0. The molecule has 1 N–H and O–H groups in total. The van der Waals surface area contributed by atoms with E-state index in [9.17, 15) is 9.90 Å². The van der Waals surface area contributed by atoms with Crippen molar-refractivity contribution in [2.24, 2.45) is 5.92 Å². The lowest BCUT2D eigenvalue weighted by Crippen LogP contribution is -2.27. The van der Waals surface area contributed by atoms with Crippen molar-refractivity contribution in [3.8, 4) is 0 Å². The van der Waals surface area contributed by atoms with Gasteiger partial charge in [-0.25, -0.2) is 0 Å². The molecular weight excluding hydrogens is 240 g/mol. The van der Waals surface area contributed by atoms with Crippen molar-refractivity contribution in [2.45, 2.75) is 39.9 Å². The summed E-state index contributed by atoms with van der Waals surface area (Å²) >= 11 is 0. The predicted octanol–water partition coefficient (Wildman–Crippen LogP) is 3.08. The monoisotopic (exact) mass is 262 g/mol. The molecule has 0 radical (unpaired) electrons. The summed E-state index contributed by atoms with van der Waals surface area (Å²) in [6, 6.07) is 9.53. The highest BCUT2D eigenvalue weighted by Crippen LogP contribution is 2.15. The van der Waals surface area contributed by atoms with Crippen molar-refractivity contribution in [1.29, 1.82) is 0 Å². The Morgan fingerprint density at radius 1 is 1.32 bits per heavy atom. The van der Waals surface area contributed by atoms with Crippen LogP contribution >= 0.6 is 0 Å². The fraction of sp³-hybridized carbons (Fsp3) is 0.438. The summed E-state index contributed by atoms with van der Waals surface area (Å²) < 4.78 is 5.26. The van der Waals surface area contributed by atoms with E-state index >= 15 is 0 Å². The molecule has 0 bridgehead atoms. The van der Waals surface area contributed by atoms with Gasteiger partial charge in [-0.05, 0) is 32.8 Å². The van der Waals surface area contributed by atoms with Crippen LogP contribution in [0.4, 0.5) is 0 Å². The highest BCUT2D eigenvalue weighted by molar-refractivity contribution is 5.73. The molecule has 1 rings (SSSR count). The Morgan fingerprint density at radius 2 is 1.95 bits per heavy atom. The maximum atomic E-state index is 12.0. The van der Waals surface area contributed by atoms with Crippen molar-refractivity contribution in [2.75, 3.05) is 0 Å². The zero-order valence-electron chi connectivity index (χ0n) is 11.8. The van der Waals surface area contributed by atoms with Crippen LogP contribution in [-0.4, -0.2) is 17.2 Å². The summed E-state index contributed by atoms with van der Waals surface area (Å²) in [5.74, 6) is -0.852. The predicted molar refractivity (Wildman–Crippen MR) is 75.5 cm³/mol. The first-order chi connectivity index (χ1) is 9.00. The summed E-state index contributed by atoms with van der Waals surface area (Å²) in [6.45, 7) is 5.80. The van der Waals surface area contributed by atoms with Gasteiger partial charge in [0.25, 0.3) is 0 Å². The maximum Gasteiger partial charge on any atom is 0.312 e. The third-order valence-electron chi connectivity index (χ3n) is 2.89. The maximum absolute atomic E-state index is 12.0. The molecule has 0 heterocycles. The van der Waals surface area contributed by atoms with Crippen molar-refractivity contribution in [3.63, 3.8) is 0 Å². The molecule has 104 valence electrons. The van der Waals surface area contributed by atoms with Crippen molar-refractivity contribution < 1.29 is 14.6 Å². The van der Waals surface area contributed by atoms with Crippen LogP contribution in [0.3, 0.4) is 0 Å². The normalized spacial score (nSPS) is 13.5. The van der Waals surface area contributed by atoms with E-state index in [0.717, 1.165) is 11.1 Å². The molecule has 0 saturated carbocycles. The second-order valence-electron chi connectivity index (χ2n) is 4.96. The lowest BCUT2D eigenvalue weighted by Gasteiger charge is -2.17. The van der Waals surface area contributed by atoms with Gasteiger partial charge in [-0.15, -0.1) is 0 Å². The van der Waals surface area contributed by atoms with Crippen LogP contribution in [0.15, 0.2) is 42.0 Å². The van der Waals surface area contributed by atoms with Gasteiger partial charge in [0.15, 0.2) is 0 Å². The lowest BCUT2D eigenvalue weighted by molar-refractivity contribution is -0.153. The van der Waals surface area contributed by atoms with Crippen LogP contribution in [-0.2, 0) is 16.1 Å². The molecule has 0 aliphatic carbocycles. The van der Waals surface area contributed by atoms with Gasteiger partial charge in [0.05, 0.1) is 12.0 Å². The quantitative estimate of drug-likeness (QED) is 0.633. The first kappa shape index (κ1) is 15.4. The number of esters is 1. The molecule has 2 unspecified atom stereocenters. The number of rotatable bonds is 6. The first-order valence-corrected chi connectivity index (χ1v) is 6.52. The van der Waals surface area contributed by atoms with Crippen LogP contribution < -0.4 is 0 Å². The molecule has 0 fully saturated rings. The zero-order valence-corrected chi connectivity index (χ0v) is 11.8. The molecule has 0 aromatic heterocycles. The standard InChI is InChI=1S/C16H22O3/c1-12(2)9-10-15(13(3)17)16(18)19-11-14-7-5-4-6-8-14/h4-9,13,15,17H,10-11H2,1-3H3. The average Bonchev–Trinajstić information content (AvgIpc) is 2.37. The van der Waals surface area contributed by atoms with E-state index in [0.29, 0.717) is 6.42 Å². The summed E-state index contributed by atoms with van der Waals surface area (Å²) in [4.78, 5) is 12.0. The highest BCUT2D eigenvalue weighted by atomic mass is 16.5. The van der Waals surface area contributed by atoms with Gasteiger partial charge < -0.3 is 9.84 Å². The fourth-order valence-corrected chi connectivity index (χ4v) is 1.69. The lowest BCUT2D eigenvalue weighted by atomic mass is 9.99. The number of hydrogen-bond donors (Lipinski definition) is 1. The van der Waals surface area contributed by atoms with Gasteiger partial charge in [-0.2, -0.15) is 0 Å². The van der Waals surface area contributed by atoms with E-state index in [1.165, 1.54) is 0 Å². The van der Waals surface area contributed by atoms with Gasteiger partial charge in [-0.3, -0.25) is 4.79 Å². The minimum Gasteiger partial charge on any atom is -0.461 e. The van der Waals surface area contributed by atoms with Gasteiger partial charge in [0.1, 0.15) is 6.61 Å². The molecule has 3 heteroatoms. The number of aliphatic hydroxyl groups is 1. The van der Waals surface area contributed by atoms with E-state index in [4.69, 9.17) is 4.74 Å². The number of allylic oxidation sites excluding steroid dienone is 2. The second-order valence-corrected chi connectivity index (χ2v) is 4.96. The third kappa shape index (κ3) is 5.71. The molecule has 19 heavy (non-hydrogen) atoms. The molecular formula is C16H22O3. The van der Waals surface area contributed by atoms with Crippen molar-refractivity contribution in [3.05, 3.63) is 47.5 Å². The number of aliphatic hydroxyl groups excluding tert-OH is 1. The molecule has 0 amide bonds. The van der Waals surface area contributed by atoms with E-state index in [1.54, 1.807) is 6.92 Å². The van der Waals surface area contributed by atoms with Crippen LogP contribution in [0, 0.1) is 5.92 Å². The van der Waals surface area contributed by atoms with Crippen LogP contribution in [0.5, 0.6) is 0 Å². The molecule has 1 aromatic carbocycles. The first-order valence-electron chi connectivity index (χ1n) is 6.52. The molecule has 0 aliphatic rings. The minimum absolute atomic E-state index is 0.248. The second kappa shape index (κ2) is 7.74. The zero-order chi connectivity index (χ0) is 14.3. The van der Waals surface area contributed by atoms with Crippen LogP contribution in [0.2, 0.25) is 0 Å². The van der Waals surface area contributed by atoms with E-state index in [2.05, 4.69) is 0 Å². The minimum atomic E-state index is -0.709. The van der Waals surface area contributed by atoms with Gasteiger partial charge in [-0.1, -0.05) is 42.0 Å². The third-order valence-corrected chi connectivity index (χ3v) is 2.89. The number of hydrogen-bond acceptors (Lipinski definition) is 3. The summed E-state index contributed by atoms with van der Waals surface area (Å²) in [5, 5.41) is 9.66. The van der Waals surface area contributed by atoms with Gasteiger partial charge >= 0.3 is 5.97 Å². The number of ether oxygens (including phenoxy) is 1. The molecule has 3 nitrogen and oxygen atoms in total. The molecule has 0 spiro atoms. The Kier molecular flexibility index (Phi) is 6.30. The molecule has 2 atom stereocenters. The Hall–Kier alpha value is -1.61. The Bertz CT molecular complexity index is 417. The number of benzene rings is 1. The number of carbonyl (C=O) groups excluding carboxylic acids is 1. The Morgan fingerprint density at radius 3 is 2.47 bits per heavy atom. The van der Waals surface area contributed by atoms with E-state index < -0.39 is 12.0 Å². The average molecular weight is 262 g/mol. The van der Waals surface area contributed by atoms with Crippen LogP contribution in [0.25, 0.3) is 0 Å². The summed E-state index contributed by atoms with van der Waals surface area (Å²) in [6.07, 6.45) is 1.74. The van der Waals surface area contributed by atoms with Gasteiger partial charge in [0, 0.05) is 0 Å². The fourth-order valence-electron chi connectivity index (χ4n) is 1.69. The van der Waals surface area contributed by atoms with Crippen LogP contribution in [0.1, 0.15) is 32.8 Å². The number of carbonyl (C=O) groups is 1. The summed E-state index contributed by atoms with van der Waals surface area (Å²) in [5.41, 5.74) is 2.07. The topological polar surface area (TPSA) is 46.5 Å².